The van der Waals surface area contributed by atoms with E-state index in [1.807, 2.05) is 0 Å². The maximum Gasteiger partial charge on any atom is 0.328 e. The Balaban J connectivity index is 2.00. The van der Waals surface area contributed by atoms with Gasteiger partial charge in [0.15, 0.2) is 0 Å². The van der Waals surface area contributed by atoms with Gasteiger partial charge < -0.3 is 16.2 Å². The molecule has 1 fully saturated rings. The van der Waals surface area contributed by atoms with Gasteiger partial charge in [0.05, 0.1) is 0 Å². The average Bonchev–Trinajstić information content (AvgIpc) is 2.84. The van der Waals surface area contributed by atoms with E-state index in [1.54, 1.807) is 24.3 Å². The second-order valence-corrected chi connectivity index (χ2v) is 5.06. The van der Waals surface area contributed by atoms with Crippen LogP contribution in [-0.2, 0) is 9.59 Å². The molecule has 2 rings (SSSR count). The summed E-state index contributed by atoms with van der Waals surface area (Å²) in [6.07, 6.45) is 5.00. The van der Waals surface area contributed by atoms with E-state index >= 15 is 0 Å². The van der Waals surface area contributed by atoms with Crippen LogP contribution in [0.2, 0.25) is 0 Å². The van der Waals surface area contributed by atoms with Gasteiger partial charge in [0.2, 0.25) is 5.91 Å². The second-order valence-electron chi connectivity index (χ2n) is 5.06. The molecule has 1 saturated carbocycles. The molecular weight excluding hydrogens is 256 g/mol. The van der Waals surface area contributed by atoms with Gasteiger partial charge in [-0.3, -0.25) is 4.79 Å². The van der Waals surface area contributed by atoms with E-state index in [1.165, 1.54) is 6.08 Å². The molecule has 2 atom stereocenters. The standard InChI is InChI=1S/C15H18N2O3/c16-12-6-5-11(9-12)15(20)17-13-3-1-2-10(8-13)4-7-14(18)19/h1-4,7-8,11-12H,5-6,9,16H2,(H,17,20)(H,18,19)/b7-4+. The first-order chi connectivity index (χ1) is 9.54. The summed E-state index contributed by atoms with van der Waals surface area (Å²) in [6.45, 7) is 0. The van der Waals surface area contributed by atoms with Crippen molar-refractivity contribution < 1.29 is 14.7 Å². The van der Waals surface area contributed by atoms with Crippen LogP contribution < -0.4 is 11.1 Å². The molecule has 0 heterocycles. The van der Waals surface area contributed by atoms with E-state index in [9.17, 15) is 9.59 Å². The second kappa shape index (κ2) is 6.34. The maximum absolute atomic E-state index is 12.1. The van der Waals surface area contributed by atoms with Crippen molar-refractivity contribution in [3.63, 3.8) is 0 Å². The zero-order chi connectivity index (χ0) is 14.5. The fourth-order valence-corrected chi connectivity index (χ4v) is 2.39. The summed E-state index contributed by atoms with van der Waals surface area (Å²) in [5.41, 5.74) is 7.20. The monoisotopic (exact) mass is 274 g/mol. The summed E-state index contributed by atoms with van der Waals surface area (Å²) in [6, 6.07) is 7.20. The lowest BCUT2D eigenvalue weighted by Crippen LogP contribution is -2.23. The fourth-order valence-electron chi connectivity index (χ4n) is 2.39. The quantitative estimate of drug-likeness (QED) is 0.730. The van der Waals surface area contributed by atoms with Crippen LogP contribution in [0.25, 0.3) is 6.08 Å². The van der Waals surface area contributed by atoms with E-state index in [0.717, 1.165) is 30.9 Å². The molecule has 20 heavy (non-hydrogen) atoms. The van der Waals surface area contributed by atoms with Crippen molar-refractivity contribution in [2.75, 3.05) is 5.32 Å². The van der Waals surface area contributed by atoms with Crippen LogP contribution in [-0.4, -0.2) is 23.0 Å². The molecule has 0 aliphatic heterocycles. The molecule has 1 aromatic carbocycles. The number of carboxylic acids is 1. The van der Waals surface area contributed by atoms with Gasteiger partial charge in [-0.05, 0) is 43.0 Å². The van der Waals surface area contributed by atoms with E-state index < -0.39 is 5.97 Å². The summed E-state index contributed by atoms with van der Waals surface area (Å²) in [7, 11) is 0. The van der Waals surface area contributed by atoms with Crippen molar-refractivity contribution in [3.05, 3.63) is 35.9 Å². The number of nitrogens with one attached hydrogen (secondary N) is 1. The number of carboxylic acid groups (broad SMARTS) is 1. The van der Waals surface area contributed by atoms with Gasteiger partial charge in [0, 0.05) is 23.7 Å². The Morgan fingerprint density at radius 2 is 2.15 bits per heavy atom. The van der Waals surface area contributed by atoms with Gasteiger partial charge in [0.25, 0.3) is 0 Å². The molecule has 5 heteroatoms. The Morgan fingerprint density at radius 1 is 1.35 bits per heavy atom. The van der Waals surface area contributed by atoms with Gasteiger partial charge in [-0.15, -0.1) is 0 Å². The molecule has 4 N–H and O–H groups in total. The highest BCUT2D eigenvalue weighted by atomic mass is 16.4. The lowest BCUT2D eigenvalue weighted by atomic mass is 10.1. The maximum atomic E-state index is 12.1. The van der Waals surface area contributed by atoms with Gasteiger partial charge in [-0.1, -0.05) is 12.1 Å². The average molecular weight is 274 g/mol. The molecule has 0 saturated heterocycles. The van der Waals surface area contributed by atoms with Crippen molar-refractivity contribution in [2.45, 2.75) is 25.3 Å². The molecule has 0 aromatic heterocycles. The zero-order valence-electron chi connectivity index (χ0n) is 11.1. The van der Waals surface area contributed by atoms with Crippen LogP contribution in [0, 0.1) is 5.92 Å². The Labute approximate surface area is 117 Å². The van der Waals surface area contributed by atoms with Crippen LogP contribution in [0.5, 0.6) is 0 Å². The number of benzene rings is 1. The van der Waals surface area contributed by atoms with Crippen molar-refractivity contribution >= 4 is 23.6 Å². The minimum absolute atomic E-state index is 0.0164. The number of aliphatic carboxylic acids is 1. The smallest absolute Gasteiger partial charge is 0.328 e. The highest BCUT2D eigenvalue weighted by Gasteiger charge is 2.27. The van der Waals surface area contributed by atoms with Gasteiger partial charge in [-0.25, -0.2) is 4.79 Å². The lowest BCUT2D eigenvalue weighted by Gasteiger charge is -2.11. The van der Waals surface area contributed by atoms with E-state index in [2.05, 4.69) is 5.32 Å². The molecular formula is C15H18N2O3. The van der Waals surface area contributed by atoms with Gasteiger partial charge in [0.1, 0.15) is 0 Å². The van der Waals surface area contributed by atoms with Crippen molar-refractivity contribution in [1.29, 1.82) is 0 Å². The Hall–Kier alpha value is -2.14. The summed E-state index contributed by atoms with van der Waals surface area (Å²) in [5, 5.41) is 11.4. The van der Waals surface area contributed by atoms with Crippen molar-refractivity contribution in [3.8, 4) is 0 Å². The summed E-state index contributed by atoms with van der Waals surface area (Å²) >= 11 is 0. The SMILES string of the molecule is NC1CCC(C(=O)Nc2cccc(/C=C/C(=O)O)c2)C1. The first kappa shape index (κ1) is 14.3. The first-order valence-electron chi connectivity index (χ1n) is 6.62. The van der Waals surface area contributed by atoms with E-state index in [4.69, 9.17) is 10.8 Å². The number of hydrogen-bond donors (Lipinski definition) is 3. The topological polar surface area (TPSA) is 92.4 Å². The van der Waals surface area contributed by atoms with Crippen molar-refractivity contribution in [1.82, 2.24) is 0 Å². The molecule has 1 amide bonds. The van der Waals surface area contributed by atoms with Crippen LogP contribution in [0.3, 0.4) is 0 Å². The molecule has 2 unspecified atom stereocenters. The molecule has 1 aromatic rings. The highest BCUT2D eigenvalue weighted by Crippen LogP contribution is 2.25. The third-order valence-electron chi connectivity index (χ3n) is 3.42. The van der Waals surface area contributed by atoms with Gasteiger partial charge >= 0.3 is 5.97 Å². The number of anilines is 1. The summed E-state index contributed by atoms with van der Waals surface area (Å²) in [5.74, 6) is -1.04. The third kappa shape index (κ3) is 3.93. The predicted octanol–water partition coefficient (Wildman–Crippen LogP) is 1.85. The number of hydrogen-bond acceptors (Lipinski definition) is 3. The van der Waals surface area contributed by atoms with Crippen molar-refractivity contribution in [2.24, 2.45) is 11.7 Å². The predicted molar refractivity (Wildman–Crippen MR) is 77.1 cm³/mol. The van der Waals surface area contributed by atoms with E-state index in [0.29, 0.717) is 5.69 Å². The zero-order valence-corrected chi connectivity index (χ0v) is 11.1. The largest absolute Gasteiger partial charge is 0.478 e. The van der Waals surface area contributed by atoms with Crippen LogP contribution >= 0.6 is 0 Å². The van der Waals surface area contributed by atoms with E-state index in [-0.39, 0.29) is 17.9 Å². The fraction of sp³-hybridized carbons (Fsp3) is 0.333. The van der Waals surface area contributed by atoms with Crippen LogP contribution in [0.1, 0.15) is 24.8 Å². The minimum Gasteiger partial charge on any atom is -0.478 e. The Morgan fingerprint density at radius 3 is 2.80 bits per heavy atom. The molecule has 1 aliphatic rings. The number of amides is 1. The molecule has 106 valence electrons. The highest BCUT2D eigenvalue weighted by molar-refractivity contribution is 5.93. The first-order valence-corrected chi connectivity index (χ1v) is 6.62. The Bertz CT molecular complexity index is 540. The lowest BCUT2D eigenvalue weighted by molar-refractivity contribution is -0.131. The number of carbonyl (C=O) groups excluding carboxylic acids is 1. The third-order valence-corrected chi connectivity index (χ3v) is 3.42. The Kier molecular flexibility index (Phi) is 4.53. The summed E-state index contributed by atoms with van der Waals surface area (Å²) < 4.78 is 0. The number of rotatable bonds is 4. The minimum atomic E-state index is -1.00. The summed E-state index contributed by atoms with van der Waals surface area (Å²) in [4.78, 5) is 22.5. The van der Waals surface area contributed by atoms with Crippen LogP contribution in [0.15, 0.2) is 30.3 Å². The van der Waals surface area contributed by atoms with Crippen LogP contribution in [0.4, 0.5) is 5.69 Å². The molecule has 0 spiro atoms. The normalized spacial score (nSPS) is 22.1. The molecule has 0 bridgehead atoms. The number of carbonyl (C=O) groups is 2. The molecule has 1 aliphatic carbocycles. The molecule has 5 nitrogen and oxygen atoms in total. The number of nitrogens with two attached hydrogens (primary N) is 1. The molecule has 0 radical (unpaired) electrons. The van der Waals surface area contributed by atoms with Gasteiger partial charge in [-0.2, -0.15) is 0 Å².